The topological polar surface area (TPSA) is 137 Å². The van der Waals surface area contributed by atoms with E-state index in [4.69, 9.17) is 0 Å². The number of aromatic nitrogens is 6. The molecule has 0 aliphatic rings. The van der Waals surface area contributed by atoms with Gasteiger partial charge in [-0.25, -0.2) is 32.3 Å². The van der Waals surface area contributed by atoms with Gasteiger partial charge in [0.05, 0.1) is 11.1 Å². The van der Waals surface area contributed by atoms with Crippen LogP contribution in [0.25, 0.3) is 33.6 Å². The molecule has 0 radical (unpaired) electrons. The van der Waals surface area contributed by atoms with E-state index in [2.05, 4.69) is 25.3 Å². The van der Waals surface area contributed by atoms with E-state index in [0.717, 1.165) is 9.54 Å². The molecule has 0 aliphatic carbocycles. The molecule has 0 spiro atoms. The third-order valence-corrected chi connectivity index (χ3v) is 8.01. The van der Waals surface area contributed by atoms with Crippen molar-refractivity contribution in [1.82, 2.24) is 33.8 Å². The number of nitrogens with zero attached hydrogens (tertiary/aromatic N) is 6. The quantitative estimate of drug-likeness (QED) is 0.278. The molecule has 11 nitrogen and oxygen atoms in total. The summed E-state index contributed by atoms with van der Waals surface area (Å²) in [5.74, 6) is -0.555. The lowest BCUT2D eigenvalue weighted by molar-refractivity contribution is -0.140. The van der Waals surface area contributed by atoms with Crippen LogP contribution >= 0.6 is 0 Å². The van der Waals surface area contributed by atoms with Gasteiger partial charge in [0.15, 0.2) is 17.1 Å². The molecule has 1 amide bonds. The van der Waals surface area contributed by atoms with Gasteiger partial charge < -0.3 is 10.6 Å². The number of amides is 1. The summed E-state index contributed by atoms with van der Waals surface area (Å²) in [4.78, 5) is 30.5. The number of imidazole rings is 1. The van der Waals surface area contributed by atoms with Gasteiger partial charge in [0, 0.05) is 29.9 Å². The Labute approximate surface area is 232 Å². The number of halogens is 3. The van der Waals surface area contributed by atoms with E-state index in [-0.39, 0.29) is 33.5 Å². The number of aryl methyl sites for hydroxylation is 1. The summed E-state index contributed by atoms with van der Waals surface area (Å²) in [7, 11) is -4.04. The molecular formula is C26H25F3N8O3S. The lowest BCUT2D eigenvalue weighted by Gasteiger charge is -2.18. The first-order valence-corrected chi connectivity index (χ1v) is 14.0. The zero-order chi connectivity index (χ0) is 29.5. The number of fused-ring (bicyclic) bond motifs is 2. The molecule has 4 heterocycles. The second-order valence-corrected chi connectivity index (χ2v) is 11.1. The molecule has 5 rings (SSSR count). The number of hydrogen-bond acceptors (Lipinski definition) is 8. The predicted molar refractivity (Wildman–Crippen MR) is 146 cm³/mol. The van der Waals surface area contributed by atoms with Crippen LogP contribution in [0.3, 0.4) is 0 Å². The standard InChI is InChI=1S/C26H25F3N8O3S/c1-4-30-25-34-20-12-32-21(35-23(20)37(25)16(3)24(38)33-14-26(27,28)29)19-13-36(22-18(19)6-5-11-31-22)41(39,40)17-9-7-15(2)8-10-17/h5-13,16H,4,14H2,1-3H3,(H,30,34)(H,33,38). The number of rotatable bonds is 8. The van der Waals surface area contributed by atoms with Crippen LogP contribution in [0, 0.1) is 6.92 Å². The molecule has 1 unspecified atom stereocenters. The normalized spacial score (nSPS) is 13.0. The molecule has 41 heavy (non-hydrogen) atoms. The molecule has 0 bridgehead atoms. The first kappa shape index (κ1) is 28.0. The minimum Gasteiger partial charge on any atom is -0.356 e. The van der Waals surface area contributed by atoms with Gasteiger partial charge in [-0.05, 0) is 45.0 Å². The van der Waals surface area contributed by atoms with Crippen LogP contribution in [0.15, 0.2) is 59.9 Å². The van der Waals surface area contributed by atoms with Gasteiger partial charge in [-0.15, -0.1) is 0 Å². The summed E-state index contributed by atoms with van der Waals surface area (Å²) in [5, 5.41) is 5.34. The highest BCUT2D eigenvalue weighted by molar-refractivity contribution is 7.90. The molecule has 0 saturated heterocycles. The van der Waals surface area contributed by atoms with E-state index >= 15 is 0 Å². The highest BCUT2D eigenvalue weighted by atomic mass is 32.2. The minimum atomic E-state index is -4.58. The Kier molecular flexibility index (Phi) is 7.15. The SMILES string of the molecule is CCNc1nc2cnc(-c3cn(S(=O)(=O)c4ccc(C)cc4)c4ncccc34)nc2n1C(C)C(=O)NCC(F)(F)F. The Morgan fingerprint density at radius 3 is 2.49 bits per heavy atom. The first-order chi connectivity index (χ1) is 19.4. The van der Waals surface area contributed by atoms with Crippen molar-refractivity contribution < 1.29 is 26.4 Å². The maximum absolute atomic E-state index is 13.6. The summed E-state index contributed by atoms with van der Waals surface area (Å²) >= 11 is 0. The van der Waals surface area contributed by atoms with Gasteiger partial charge in [-0.2, -0.15) is 13.2 Å². The fraction of sp³-hybridized carbons (Fsp3) is 0.269. The van der Waals surface area contributed by atoms with Crippen LogP contribution in [-0.2, 0) is 14.8 Å². The Balaban J connectivity index is 1.64. The van der Waals surface area contributed by atoms with Crippen LogP contribution in [-0.4, -0.2) is 62.1 Å². The molecular weight excluding hydrogens is 561 g/mol. The summed E-state index contributed by atoms with van der Waals surface area (Å²) in [5.41, 5.74) is 1.86. The summed E-state index contributed by atoms with van der Waals surface area (Å²) in [6.07, 6.45) is -0.327. The number of anilines is 1. The third kappa shape index (κ3) is 5.31. The van der Waals surface area contributed by atoms with E-state index in [9.17, 15) is 26.4 Å². The molecule has 214 valence electrons. The van der Waals surface area contributed by atoms with Crippen molar-refractivity contribution in [2.24, 2.45) is 0 Å². The Bertz CT molecular complexity index is 1870. The van der Waals surface area contributed by atoms with Crippen molar-refractivity contribution in [1.29, 1.82) is 0 Å². The molecule has 0 aliphatic heterocycles. The smallest absolute Gasteiger partial charge is 0.356 e. The number of carbonyl (C=O) groups is 1. The van der Waals surface area contributed by atoms with Crippen molar-refractivity contribution in [2.75, 3.05) is 18.4 Å². The highest BCUT2D eigenvalue weighted by Gasteiger charge is 2.31. The van der Waals surface area contributed by atoms with Crippen LogP contribution in [0.5, 0.6) is 0 Å². The Hall–Kier alpha value is -4.53. The maximum atomic E-state index is 13.6. The number of alkyl halides is 3. The van der Waals surface area contributed by atoms with Crippen molar-refractivity contribution in [3.63, 3.8) is 0 Å². The van der Waals surface area contributed by atoms with Gasteiger partial charge in [0.25, 0.3) is 10.0 Å². The van der Waals surface area contributed by atoms with E-state index in [1.54, 1.807) is 31.2 Å². The van der Waals surface area contributed by atoms with E-state index in [1.165, 1.54) is 42.2 Å². The second kappa shape index (κ2) is 10.5. The van der Waals surface area contributed by atoms with Gasteiger partial charge in [-0.3, -0.25) is 9.36 Å². The van der Waals surface area contributed by atoms with E-state index in [1.807, 2.05) is 12.2 Å². The molecule has 4 aromatic heterocycles. The van der Waals surface area contributed by atoms with Crippen LogP contribution in [0.1, 0.15) is 25.5 Å². The molecule has 1 atom stereocenters. The Morgan fingerprint density at radius 2 is 1.80 bits per heavy atom. The maximum Gasteiger partial charge on any atom is 0.405 e. The van der Waals surface area contributed by atoms with Crippen molar-refractivity contribution >= 4 is 44.1 Å². The zero-order valence-electron chi connectivity index (χ0n) is 22.1. The molecule has 15 heteroatoms. The summed E-state index contributed by atoms with van der Waals surface area (Å²) < 4.78 is 67.8. The fourth-order valence-electron chi connectivity index (χ4n) is 4.34. The van der Waals surface area contributed by atoms with E-state index < -0.39 is 34.7 Å². The van der Waals surface area contributed by atoms with E-state index in [0.29, 0.717) is 17.5 Å². The van der Waals surface area contributed by atoms with Crippen molar-refractivity contribution in [2.45, 2.75) is 37.9 Å². The monoisotopic (exact) mass is 586 g/mol. The van der Waals surface area contributed by atoms with Crippen LogP contribution in [0.2, 0.25) is 0 Å². The van der Waals surface area contributed by atoms with Gasteiger partial charge in [0.2, 0.25) is 11.9 Å². The number of carbonyl (C=O) groups excluding carboxylic acids is 1. The number of pyridine rings is 1. The predicted octanol–water partition coefficient (Wildman–Crippen LogP) is 4.06. The largest absolute Gasteiger partial charge is 0.405 e. The van der Waals surface area contributed by atoms with Gasteiger partial charge in [-0.1, -0.05) is 17.7 Å². The number of benzene rings is 1. The average Bonchev–Trinajstić information content (AvgIpc) is 3.50. The lowest BCUT2D eigenvalue weighted by atomic mass is 10.2. The molecule has 1 aromatic carbocycles. The van der Waals surface area contributed by atoms with Crippen LogP contribution in [0.4, 0.5) is 19.1 Å². The van der Waals surface area contributed by atoms with Crippen molar-refractivity contribution in [3.05, 3.63) is 60.6 Å². The fourth-order valence-corrected chi connectivity index (χ4v) is 5.66. The molecule has 0 saturated carbocycles. The molecule has 2 N–H and O–H groups in total. The lowest BCUT2D eigenvalue weighted by Crippen LogP contribution is -2.38. The molecule has 0 fully saturated rings. The van der Waals surface area contributed by atoms with Gasteiger partial charge >= 0.3 is 6.18 Å². The van der Waals surface area contributed by atoms with Gasteiger partial charge in [0.1, 0.15) is 18.1 Å². The van der Waals surface area contributed by atoms with Crippen LogP contribution < -0.4 is 10.6 Å². The average molecular weight is 587 g/mol. The third-order valence-electron chi connectivity index (χ3n) is 6.35. The highest BCUT2D eigenvalue weighted by Crippen LogP contribution is 2.32. The minimum absolute atomic E-state index is 0.0700. The van der Waals surface area contributed by atoms with Crippen molar-refractivity contribution in [3.8, 4) is 11.4 Å². The molecule has 5 aromatic rings. The summed E-state index contributed by atoms with van der Waals surface area (Å²) in [6.45, 7) is 4.00. The second-order valence-electron chi connectivity index (χ2n) is 9.28. The zero-order valence-corrected chi connectivity index (χ0v) is 23.0. The summed E-state index contributed by atoms with van der Waals surface area (Å²) in [6, 6.07) is 8.61. The number of hydrogen-bond donors (Lipinski definition) is 2. The first-order valence-electron chi connectivity index (χ1n) is 12.5. The Morgan fingerprint density at radius 1 is 1.07 bits per heavy atom. The number of nitrogens with one attached hydrogen (secondary N) is 2.